The fourth-order valence-corrected chi connectivity index (χ4v) is 5.06. The number of hydrogen-bond donors (Lipinski definition) is 1. The molecule has 0 spiro atoms. The van der Waals surface area contributed by atoms with Crippen LogP contribution in [0.25, 0.3) is 5.69 Å². The first-order chi connectivity index (χ1) is 16.6. The fourth-order valence-electron chi connectivity index (χ4n) is 5.06. The van der Waals surface area contributed by atoms with Crippen molar-refractivity contribution in [2.24, 2.45) is 5.92 Å². The van der Waals surface area contributed by atoms with Crippen LogP contribution in [-0.4, -0.2) is 46.0 Å². The lowest BCUT2D eigenvalue weighted by Gasteiger charge is -2.27. The van der Waals surface area contributed by atoms with E-state index in [1.54, 1.807) is 29.1 Å². The summed E-state index contributed by atoms with van der Waals surface area (Å²) < 4.78 is 13.0. The van der Waals surface area contributed by atoms with E-state index in [-0.39, 0.29) is 5.91 Å². The first kappa shape index (κ1) is 22.5. The Morgan fingerprint density at radius 3 is 2.82 bits per heavy atom. The lowest BCUT2D eigenvalue weighted by atomic mass is 9.82. The number of methoxy groups -OCH3 is 1. The van der Waals surface area contributed by atoms with Gasteiger partial charge < -0.3 is 19.5 Å². The van der Waals surface area contributed by atoms with Gasteiger partial charge in [0.25, 0.3) is 5.91 Å². The molecule has 7 nitrogen and oxygen atoms in total. The van der Waals surface area contributed by atoms with Gasteiger partial charge in [0.1, 0.15) is 23.8 Å². The third-order valence-electron chi connectivity index (χ3n) is 6.95. The molecule has 0 bridgehead atoms. The topological polar surface area (TPSA) is 76.8 Å². The van der Waals surface area contributed by atoms with Crippen molar-refractivity contribution in [3.05, 3.63) is 71.5 Å². The molecular formula is C27H31N3O4. The third-order valence-corrected chi connectivity index (χ3v) is 6.95. The van der Waals surface area contributed by atoms with Crippen molar-refractivity contribution < 1.29 is 19.4 Å². The summed E-state index contributed by atoms with van der Waals surface area (Å²) in [4.78, 5) is 15.1. The van der Waals surface area contributed by atoms with E-state index in [0.717, 1.165) is 35.4 Å². The Hall–Kier alpha value is -3.32. The molecule has 1 N–H and O–H groups in total. The predicted molar refractivity (Wildman–Crippen MR) is 128 cm³/mol. The van der Waals surface area contributed by atoms with Crippen LogP contribution in [0.5, 0.6) is 11.5 Å². The van der Waals surface area contributed by atoms with Gasteiger partial charge in [0.05, 0.1) is 31.5 Å². The number of fused-ring (bicyclic) bond motifs is 1. The summed E-state index contributed by atoms with van der Waals surface area (Å²) in [5, 5.41) is 15.4. The number of rotatable bonds is 5. The molecule has 1 aliphatic heterocycles. The SMILES string of the molecule is COc1ccccc1-n1cc(C(=O)N2CCOc3ccc(C(O)C4CCCCC4)cc3C2)cn1. The number of para-hydroxylation sites is 2. The zero-order valence-corrected chi connectivity index (χ0v) is 19.5. The van der Waals surface area contributed by atoms with Gasteiger partial charge in [-0.05, 0) is 48.6 Å². The number of amides is 1. The Balaban J connectivity index is 1.35. The van der Waals surface area contributed by atoms with E-state index in [9.17, 15) is 9.90 Å². The third kappa shape index (κ3) is 4.53. The molecule has 7 heteroatoms. The average molecular weight is 462 g/mol. The van der Waals surface area contributed by atoms with Crippen LogP contribution >= 0.6 is 0 Å². The molecule has 2 aliphatic rings. The number of hydrogen-bond acceptors (Lipinski definition) is 5. The van der Waals surface area contributed by atoms with Crippen LogP contribution in [0.1, 0.15) is 59.7 Å². The van der Waals surface area contributed by atoms with Crippen LogP contribution in [0.3, 0.4) is 0 Å². The summed E-state index contributed by atoms with van der Waals surface area (Å²) in [5.41, 5.74) is 3.12. The number of nitrogens with zero attached hydrogens (tertiary/aromatic N) is 3. The highest BCUT2D eigenvalue weighted by atomic mass is 16.5. The largest absolute Gasteiger partial charge is 0.494 e. The summed E-state index contributed by atoms with van der Waals surface area (Å²) >= 11 is 0. The second kappa shape index (κ2) is 9.89. The second-order valence-electron chi connectivity index (χ2n) is 9.13. The first-order valence-electron chi connectivity index (χ1n) is 12.0. The molecular weight excluding hydrogens is 430 g/mol. The van der Waals surface area contributed by atoms with Crippen molar-refractivity contribution in [1.29, 1.82) is 0 Å². The van der Waals surface area contributed by atoms with Crippen molar-refractivity contribution in [1.82, 2.24) is 14.7 Å². The molecule has 178 valence electrons. The Morgan fingerprint density at radius 2 is 2.00 bits per heavy atom. The first-order valence-corrected chi connectivity index (χ1v) is 12.0. The highest BCUT2D eigenvalue weighted by Crippen LogP contribution is 2.36. The van der Waals surface area contributed by atoms with Gasteiger partial charge in [-0.15, -0.1) is 0 Å². The zero-order valence-electron chi connectivity index (χ0n) is 19.5. The van der Waals surface area contributed by atoms with Crippen molar-refractivity contribution in [2.75, 3.05) is 20.3 Å². The lowest BCUT2D eigenvalue weighted by Crippen LogP contribution is -2.32. The predicted octanol–water partition coefficient (Wildman–Crippen LogP) is 4.53. The van der Waals surface area contributed by atoms with E-state index < -0.39 is 6.10 Å². The van der Waals surface area contributed by atoms with E-state index in [1.807, 2.05) is 42.5 Å². The van der Waals surface area contributed by atoms with Gasteiger partial charge in [-0.1, -0.05) is 37.5 Å². The van der Waals surface area contributed by atoms with Crippen LogP contribution < -0.4 is 9.47 Å². The molecule has 1 fully saturated rings. The molecule has 2 heterocycles. The Morgan fingerprint density at radius 1 is 1.18 bits per heavy atom. The quantitative estimate of drug-likeness (QED) is 0.604. The van der Waals surface area contributed by atoms with E-state index >= 15 is 0 Å². The van der Waals surface area contributed by atoms with Crippen LogP contribution in [-0.2, 0) is 6.54 Å². The number of aliphatic hydroxyl groups is 1. The Labute approximate surface area is 199 Å². The summed E-state index contributed by atoms with van der Waals surface area (Å²) in [6, 6.07) is 13.5. The smallest absolute Gasteiger partial charge is 0.257 e. The number of benzene rings is 2. The highest BCUT2D eigenvalue weighted by molar-refractivity contribution is 5.94. The standard InChI is InChI=1S/C27H31N3O4/c1-33-25-10-6-5-9-23(25)30-18-22(16-28-30)27(32)29-13-14-34-24-12-11-20(15-21(24)17-29)26(31)19-7-3-2-4-8-19/h5-6,9-12,15-16,18-19,26,31H,2-4,7-8,13-14,17H2,1H3. The van der Waals surface area contributed by atoms with E-state index in [1.165, 1.54) is 19.3 Å². The van der Waals surface area contributed by atoms with Gasteiger partial charge in [0.2, 0.25) is 0 Å². The summed E-state index contributed by atoms with van der Waals surface area (Å²) in [5.74, 6) is 1.67. The molecule has 1 saturated carbocycles. The number of aliphatic hydroxyl groups excluding tert-OH is 1. The number of aromatic nitrogens is 2. The minimum atomic E-state index is -0.475. The summed E-state index contributed by atoms with van der Waals surface area (Å²) in [7, 11) is 1.61. The Bertz CT molecular complexity index is 1150. The van der Waals surface area contributed by atoms with E-state index in [0.29, 0.717) is 36.9 Å². The van der Waals surface area contributed by atoms with Crippen LogP contribution in [0.15, 0.2) is 54.9 Å². The molecule has 1 unspecified atom stereocenters. The van der Waals surface area contributed by atoms with Crippen molar-refractivity contribution in [3.63, 3.8) is 0 Å². The van der Waals surface area contributed by atoms with Gasteiger partial charge in [-0.2, -0.15) is 5.10 Å². The molecule has 2 aromatic carbocycles. The molecule has 0 saturated heterocycles. The monoisotopic (exact) mass is 461 g/mol. The number of carbonyl (C=O) groups excluding carboxylic acids is 1. The molecule has 1 atom stereocenters. The molecule has 3 aromatic rings. The lowest BCUT2D eigenvalue weighted by molar-refractivity contribution is 0.0733. The minimum absolute atomic E-state index is 0.101. The molecule has 1 amide bonds. The van der Waals surface area contributed by atoms with Gasteiger partial charge in [-0.25, -0.2) is 4.68 Å². The second-order valence-corrected chi connectivity index (χ2v) is 9.13. The zero-order chi connectivity index (χ0) is 23.5. The van der Waals surface area contributed by atoms with Gasteiger partial charge in [0.15, 0.2) is 0 Å². The Kier molecular flexibility index (Phi) is 6.54. The van der Waals surface area contributed by atoms with Crippen LogP contribution in [0, 0.1) is 5.92 Å². The summed E-state index contributed by atoms with van der Waals surface area (Å²) in [6.45, 7) is 1.33. The maximum atomic E-state index is 13.4. The number of ether oxygens (including phenoxy) is 2. The van der Waals surface area contributed by atoms with Gasteiger partial charge >= 0.3 is 0 Å². The molecule has 0 radical (unpaired) electrons. The van der Waals surface area contributed by atoms with E-state index in [2.05, 4.69) is 5.10 Å². The molecule has 5 rings (SSSR count). The average Bonchev–Trinajstić information content (AvgIpc) is 3.28. The summed E-state index contributed by atoms with van der Waals surface area (Å²) in [6.07, 6.45) is 8.59. The van der Waals surface area contributed by atoms with Crippen molar-refractivity contribution in [2.45, 2.75) is 44.8 Å². The van der Waals surface area contributed by atoms with Crippen LogP contribution in [0.2, 0.25) is 0 Å². The van der Waals surface area contributed by atoms with Crippen molar-refractivity contribution in [3.8, 4) is 17.2 Å². The number of carbonyl (C=O) groups is 1. The fraction of sp³-hybridized carbons (Fsp3) is 0.407. The maximum Gasteiger partial charge on any atom is 0.257 e. The van der Waals surface area contributed by atoms with Gasteiger partial charge in [-0.3, -0.25) is 4.79 Å². The van der Waals surface area contributed by atoms with Crippen LogP contribution in [0.4, 0.5) is 0 Å². The van der Waals surface area contributed by atoms with Crippen molar-refractivity contribution >= 4 is 5.91 Å². The highest BCUT2D eigenvalue weighted by Gasteiger charge is 2.26. The normalized spacial score (nSPS) is 17.4. The molecule has 1 aromatic heterocycles. The van der Waals surface area contributed by atoms with E-state index in [4.69, 9.17) is 9.47 Å². The maximum absolute atomic E-state index is 13.4. The van der Waals surface area contributed by atoms with Gasteiger partial charge in [0, 0.05) is 18.3 Å². The molecule has 1 aliphatic carbocycles. The molecule has 34 heavy (non-hydrogen) atoms. The minimum Gasteiger partial charge on any atom is -0.494 e.